The number of nitrogens with zero attached hydrogens (tertiary/aromatic N) is 2. The second-order valence-electron chi connectivity index (χ2n) is 4.97. The van der Waals surface area contributed by atoms with E-state index in [0.717, 1.165) is 32.7 Å². The van der Waals surface area contributed by atoms with E-state index in [1.165, 1.54) is 19.3 Å². The Labute approximate surface area is 110 Å². The molecule has 2 aliphatic rings. The molecule has 1 unspecified atom stereocenters. The van der Waals surface area contributed by atoms with Gasteiger partial charge in [0.15, 0.2) is 0 Å². The van der Waals surface area contributed by atoms with Gasteiger partial charge in [-0.25, -0.2) is 0 Å². The summed E-state index contributed by atoms with van der Waals surface area (Å²) < 4.78 is 0. The molecule has 2 heterocycles. The molecule has 0 aromatic rings. The fourth-order valence-corrected chi connectivity index (χ4v) is 2.54. The summed E-state index contributed by atoms with van der Waals surface area (Å²) in [6.07, 6.45) is 3.65. The number of hydrogen-bond acceptors (Lipinski definition) is 3. The molecule has 17 heavy (non-hydrogen) atoms. The van der Waals surface area contributed by atoms with Crippen molar-refractivity contribution in [1.82, 2.24) is 15.1 Å². The molecule has 2 aliphatic heterocycles. The van der Waals surface area contributed by atoms with Gasteiger partial charge in [0.2, 0.25) is 5.91 Å². The predicted molar refractivity (Wildman–Crippen MR) is 71.6 cm³/mol. The van der Waals surface area contributed by atoms with E-state index in [-0.39, 0.29) is 12.4 Å². The van der Waals surface area contributed by atoms with Gasteiger partial charge < -0.3 is 10.2 Å². The number of halogens is 1. The highest BCUT2D eigenvalue weighted by Crippen LogP contribution is 2.10. The fourth-order valence-electron chi connectivity index (χ4n) is 2.54. The van der Waals surface area contributed by atoms with Crippen LogP contribution in [0.15, 0.2) is 0 Å². The lowest BCUT2D eigenvalue weighted by molar-refractivity contribution is -0.134. The lowest BCUT2D eigenvalue weighted by Gasteiger charge is -2.35. The summed E-state index contributed by atoms with van der Waals surface area (Å²) in [7, 11) is 0. The molecule has 2 fully saturated rings. The van der Waals surface area contributed by atoms with E-state index in [1.54, 1.807) is 0 Å². The quantitative estimate of drug-likeness (QED) is 0.796. The SMILES string of the molecule is CC1CNCCN1CC(=O)N1CCCCC1.Cl. The molecular weight excluding hydrogens is 238 g/mol. The van der Waals surface area contributed by atoms with Crippen LogP contribution in [-0.4, -0.2) is 61.0 Å². The van der Waals surface area contributed by atoms with Crippen molar-refractivity contribution >= 4 is 18.3 Å². The minimum absolute atomic E-state index is 0. The molecule has 0 bridgehead atoms. The van der Waals surface area contributed by atoms with E-state index in [4.69, 9.17) is 0 Å². The summed E-state index contributed by atoms with van der Waals surface area (Å²) >= 11 is 0. The van der Waals surface area contributed by atoms with Crippen molar-refractivity contribution in [2.75, 3.05) is 39.3 Å². The van der Waals surface area contributed by atoms with Gasteiger partial charge in [0.05, 0.1) is 6.54 Å². The van der Waals surface area contributed by atoms with E-state index in [9.17, 15) is 4.79 Å². The number of piperazine rings is 1. The molecule has 1 amide bonds. The van der Waals surface area contributed by atoms with Crippen molar-refractivity contribution in [3.8, 4) is 0 Å². The minimum Gasteiger partial charge on any atom is -0.342 e. The van der Waals surface area contributed by atoms with Crippen LogP contribution in [0, 0.1) is 0 Å². The van der Waals surface area contributed by atoms with Gasteiger partial charge in [0, 0.05) is 38.8 Å². The van der Waals surface area contributed by atoms with Crippen molar-refractivity contribution in [3.63, 3.8) is 0 Å². The third-order valence-electron chi connectivity index (χ3n) is 3.69. The number of carbonyl (C=O) groups is 1. The van der Waals surface area contributed by atoms with Gasteiger partial charge in [0.25, 0.3) is 0 Å². The van der Waals surface area contributed by atoms with Crippen molar-refractivity contribution in [1.29, 1.82) is 0 Å². The highest BCUT2D eigenvalue weighted by Gasteiger charge is 2.23. The van der Waals surface area contributed by atoms with Gasteiger partial charge in [-0.1, -0.05) is 0 Å². The van der Waals surface area contributed by atoms with E-state index in [1.807, 2.05) is 4.90 Å². The van der Waals surface area contributed by atoms with Gasteiger partial charge in [0.1, 0.15) is 0 Å². The Morgan fingerprint density at radius 2 is 1.94 bits per heavy atom. The molecule has 100 valence electrons. The monoisotopic (exact) mass is 261 g/mol. The molecular formula is C12H24ClN3O. The summed E-state index contributed by atoms with van der Waals surface area (Å²) in [5, 5.41) is 3.35. The van der Waals surface area contributed by atoms with Crippen LogP contribution in [0.25, 0.3) is 0 Å². The third-order valence-corrected chi connectivity index (χ3v) is 3.69. The van der Waals surface area contributed by atoms with Crippen molar-refractivity contribution in [3.05, 3.63) is 0 Å². The molecule has 4 nitrogen and oxygen atoms in total. The zero-order valence-corrected chi connectivity index (χ0v) is 11.5. The second-order valence-corrected chi connectivity index (χ2v) is 4.97. The lowest BCUT2D eigenvalue weighted by Crippen LogP contribution is -2.53. The Bertz CT molecular complexity index is 244. The number of likely N-dealkylation sites (tertiary alicyclic amines) is 1. The normalized spacial score (nSPS) is 26.4. The molecule has 1 N–H and O–H groups in total. The van der Waals surface area contributed by atoms with Crippen molar-refractivity contribution < 1.29 is 4.79 Å². The van der Waals surface area contributed by atoms with Crippen LogP contribution in [0.2, 0.25) is 0 Å². The highest BCUT2D eigenvalue weighted by atomic mass is 35.5. The number of amides is 1. The van der Waals surface area contributed by atoms with Crippen LogP contribution in [0.1, 0.15) is 26.2 Å². The van der Waals surface area contributed by atoms with Crippen LogP contribution >= 0.6 is 12.4 Å². The summed E-state index contributed by atoms with van der Waals surface area (Å²) in [5.41, 5.74) is 0. The number of nitrogens with one attached hydrogen (secondary N) is 1. The molecule has 0 aromatic heterocycles. The maximum Gasteiger partial charge on any atom is 0.236 e. The van der Waals surface area contributed by atoms with Crippen LogP contribution in [0.3, 0.4) is 0 Å². The largest absolute Gasteiger partial charge is 0.342 e. The Hall–Kier alpha value is -0.320. The number of hydrogen-bond donors (Lipinski definition) is 1. The minimum atomic E-state index is 0. The predicted octanol–water partition coefficient (Wildman–Crippen LogP) is 0.714. The van der Waals surface area contributed by atoms with E-state index in [0.29, 0.717) is 18.5 Å². The first-order chi connectivity index (χ1) is 7.77. The van der Waals surface area contributed by atoms with Gasteiger partial charge in [-0.2, -0.15) is 0 Å². The second kappa shape index (κ2) is 7.19. The smallest absolute Gasteiger partial charge is 0.236 e. The molecule has 5 heteroatoms. The first kappa shape index (κ1) is 14.7. The van der Waals surface area contributed by atoms with Crippen molar-refractivity contribution in [2.45, 2.75) is 32.2 Å². The van der Waals surface area contributed by atoms with Crippen LogP contribution in [0.4, 0.5) is 0 Å². The maximum atomic E-state index is 12.1. The Kier molecular flexibility index (Phi) is 6.23. The van der Waals surface area contributed by atoms with Gasteiger partial charge in [-0.15, -0.1) is 12.4 Å². The molecule has 2 saturated heterocycles. The number of carbonyl (C=O) groups excluding carboxylic acids is 1. The summed E-state index contributed by atoms with van der Waals surface area (Å²) in [5.74, 6) is 0.327. The van der Waals surface area contributed by atoms with Gasteiger partial charge >= 0.3 is 0 Å². The topological polar surface area (TPSA) is 35.6 Å². The Morgan fingerprint density at radius 1 is 1.24 bits per heavy atom. The molecule has 1 atom stereocenters. The average Bonchev–Trinajstić information content (AvgIpc) is 2.33. The van der Waals surface area contributed by atoms with Crippen LogP contribution in [0.5, 0.6) is 0 Å². The Balaban J connectivity index is 0.00000144. The standard InChI is InChI=1S/C12H23N3O.ClH/c1-11-9-13-5-8-15(11)10-12(16)14-6-3-2-4-7-14;/h11,13H,2-10H2,1H3;1H. The zero-order chi connectivity index (χ0) is 11.4. The first-order valence-electron chi connectivity index (χ1n) is 6.50. The van der Waals surface area contributed by atoms with Gasteiger partial charge in [-0.3, -0.25) is 9.69 Å². The summed E-state index contributed by atoms with van der Waals surface area (Å²) in [6, 6.07) is 0.488. The fraction of sp³-hybridized carbons (Fsp3) is 0.917. The zero-order valence-electron chi connectivity index (χ0n) is 10.7. The summed E-state index contributed by atoms with van der Waals surface area (Å²) in [6.45, 7) is 7.77. The highest BCUT2D eigenvalue weighted by molar-refractivity contribution is 5.85. The number of piperidine rings is 1. The molecule has 0 aliphatic carbocycles. The van der Waals surface area contributed by atoms with Crippen LogP contribution < -0.4 is 5.32 Å². The van der Waals surface area contributed by atoms with Crippen LogP contribution in [-0.2, 0) is 4.79 Å². The van der Waals surface area contributed by atoms with Gasteiger partial charge in [-0.05, 0) is 26.2 Å². The molecule has 0 saturated carbocycles. The molecule has 0 radical (unpaired) electrons. The first-order valence-corrected chi connectivity index (χ1v) is 6.50. The van der Waals surface area contributed by atoms with E-state index >= 15 is 0 Å². The molecule has 0 aromatic carbocycles. The van der Waals surface area contributed by atoms with Crippen molar-refractivity contribution in [2.24, 2.45) is 0 Å². The summed E-state index contributed by atoms with van der Waals surface area (Å²) in [4.78, 5) is 16.4. The number of rotatable bonds is 2. The average molecular weight is 262 g/mol. The molecule has 2 rings (SSSR count). The van der Waals surface area contributed by atoms with E-state index < -0.39 is 0 Å². The Morgan fingerprint density at radius 3 is 2.59 bits per heavy atom. The maximum absolute atomic E-state index is 12.1. The third kappa shape index (κ3) is 4.12. The lowest BCUT2D eigenvalue weighted by atomic mass is 10.1. The molecule has 0 spiro atoms. The van der Waals surface area contributed by atoms with E-state index in [2.05, 4.69) is 17.1 Å².